The molecule has 2 amide bonds. The van der Waals surface area contributed by atoms with Crippen LogP contribution >= 0.6 is 0 Å². The van der Waals surface area contributed by atoms with Gasteiger partial charge in [-0.15, -0.1) is 0 Å². The van der Waals surface area contributed by atoms with E-state index in [9.17, 15) is 14.4 Å². The molecule has 1 aliphatic rings. The molecule has 4 rings (SSSR count). The third-order valence-electron chi connectivity index (χ3n) is 5.64. The Kier molecular flexibility index (Phi) is 7.62. The monoisotopic (exact) mass is 473 g/mol. The summed E-state index contributed by atoms with van der Waals surface area (Å²) in [6, 6.07) is 17.8. The van der Waals surface area contributed by atoms with Crippen LogP contribution in [0.5, 0.6) is 0 Å². The number of rotatable bonds is 7. The van der Waals surface area contributed by atoms with E-state index in [0.29, 0.717) is 48.8 Å². The van der Waals surface area contributed by atoms with Crippen LogP contribution in [0.4, 0.5) is 11.4 Å². The maximum absolute atomic E-state index is 12.8. The molecule has 0 saturated carbocycles. The standard InChI is InChI=1S/C27H27N3O5/c1-2-34-27(33)21-10-12-24(23(19-21)28-25(31)13-11-22-9-6-18-35-22)29-14-16-30(17-15-29)26(32)20-7-4-3-5-8-20/h3-13,18-19H,2,14-17H2,1H3,(H,28,31). The van der Waals surface area contributed by atoms with E-state index in [1.165, 1.54) is 12.3 Å². The number of piperazine rings is 1. The van der Waals surface area contributed by atoms with Crippen LogP contribution in [0.25, 0.3) is 6.08 Å². The molecule has 1 aromatic heterocycles. The third-order valence-corrected chi connectivity index (χ3v) is 5.64. The van der Waals surface area contributed by atoms with Gasteiger partial charge in [0.1, 0.15) is 5.76 Å². The Bertz CT molecular complexity index is 1200. The van der Waals surface area contributed by atoms with Gasteiger partial charge in [0, 0.05) is 37.8 Å². The maximum atomic E-state index is 12.8. The summed E-state index contributed by atoms with van der Waals surface area (Å²) < 4.78 is 10.3. The number of ether oxygens (including phenoxy) is 1. The highest BCUT2D eigenvalue weighted by molar-refractivity contribution is 6.05. The van der Waals surface area contributed by atoms with Crippen molar-refractivity contribution in [2.45, 2.75) is 6.92 Å². The molecule has 1 aliphatic heterocycles. The van der Waals surface area contributed by atoms with Crippen molar-refractivity contribution >= 4 is 35.2 Å². The average Bonchev–Trinajstić information content (AvgIpc) is 3.42. The summed E-state index contributed by atoms with van der Waals surface area (Å²) in [6.45, 7) is 4.25. The molecule has 8 heteroatoms. The van der Waals surface area contributed by atoms with Gasteiger partial charge in [-0.2, -0.15) is 0 Å². The van der Waals surface area contributed by atoms with Crippen molar-refractivity contribution in [1.29, 1.82) is 0 Å². The highest BCUT2D eigenvalue weighted by Crippen LogP contribution is 2.29. The summed E-state index contributed by atoms with van der Waals surface area (Å²) in [5.74, 6) is -0.264. The minimum Gasteiger partial charge on any atom is -0.465 e. The number of amides is 2. The Hall–Kier alpha value is -4.33. The van der Waals surface area contributed by atoms with Gasteiger partial charge >= 0.3 is 5.97 Å². The number of esters is 1. The van der Waals surface area contributed by atoms with Crippen LogP contribution < -0.4 is 10.2 Å². The van der Waals surface area contributed by atoms with E-state index in [1.54, 1.807) is 43.3 Å². The van der Waals surface area contributed by atoms with Gasteiger partial charge in [0.2, 0.25) is 5.91 Å². The van der Waals surface area contributed by atoms with Gasteiger partial charge in [-0.05, 0) is 55.5 Å². The molecule has 0 spiro atoms. The van der Waals surface area contributed by atoms with Crippen molar-refractivity contribution in [2.24, 2.45) is 0 Å². The Morgan fingerprint density at radius 3 is 2.43 bits per heavy atom. The number of nitrogens with one attached hydrogen (secondary N) is 1. The molecule has 180 valence electrons. The first-order valence-corrected chi connectivity index (χ1v) is 11.5. The highest BCUT2D eigenvalue weighted by Gasteiger charge is 2.24. The predicted octanol–water partition coefficient (Wildman–Crippen LogP) is 4.07. The SMILES string of the molecule is CCOC(=O)c1ccc(N2CCN(C(=O)c3ccccc3)CC2)c(NC(=O)C=Cc2ccco2)c1. The van der Waals surface area contributed by atoms with Crippen LogP contribution in [0, 0.1) is 0 Å². The van der Waals surface area contributed by atoms with Gasteiger partial charge in [-0.3, -0.25) is 9.59 Å². The molecule has 2 heterocycles. The summed E-state index contributed by atoms with van der Waals surface area (Å²) in [5.41, 5.74) is 2.27. The van der Waals surface area contributed by atoms with Crippen molar-refractivity contribution in [3.05, 3.63) is 89.9 Å². The first kappa shape index (κ1) is 23.8. The zero-order valence-corrected chi connectivity index (χ0v) is 19.5. The molecule has 0 unspecified atom stereocenters. The molecule has 1 N–H and O–H groups in total. The van der Waals surface area contributed by atoms with E-state index >= 15 is 0 Å². The van der Waals surface area contributed by atoms with E-state index in [-0.39, 0.29) is 18.4 Å². The van der Waals surface area contributed by atoms with Gasteiger partial charge < -0.3 is 24.3 Å². The quantitative estimate of drug-likeness (QED) is 0.411. The van der Waals surface area contributed by atoms with Crippen LogP contribution in [-0.2, 0) is 9.53 Å². The minimum absolute atomic E-state index is 0.000464. The Morgan fingerprint density at radius 1 is 0.971 bits per heavy atom. The number of hydrogen-bond acceptors (Lipinski definition) is 6. The topological polar surface area (TPSA) is 92.1 Å². The maximum Gasteiger partial charge on any atom is 0.338 e. The molecule has 8 nitrogen and oxygen atoms in total. The zero-order chi connectivity index (χ0) is 24.6. The van der Waals surface area contributed by atoms with Crippen molar-refractivity contribution in [3.63, 3.8) is 0 Å². The van der Waals surface area contributed by atoms with E-state index in [2.05, 4.69) is 10.2 Å². The molecule has 0 radical (unpaired) electrons. The fourth-order valence-electron chi connectivity index (χ4n) is 3.89. The molecule has 2 aromatic carbocycles. The summed E-state index contributed by atoms with van der Waals surface area (Å²) in [7, 11) is 0. The molecule has 1 fully saturated rings. The minimum atomic E-state index is -0.459. The Labute approximate surface area is 203 Å². The predicted molar refractivity (Wildman–Crippen MR) is 133 cm³/mol. The lowest BCUT2D eigenvalue weighted by Crippen LogP contribution is -2.49. The van der Waals surface area contributed by atoms with Gasteiger partial charge in [0.15, 0.2) is 0 Å². The number of anilines is 2. The van der Waals surface area contributed by atoms with Gasteiger partial charge in [-0.25, -0.2) is 4.79 Å². The van der Waals surface area contributed by atoms with Crippen molar-refractivity contribution in [1.82, 2.24) is 4.90 Å². The lowest BCUT2D eigenvalue weighted by atomic mass is 10.1. The smallest absolute Gasteiger partial charge is 0.338 e. The van der Waals surface area contributed by atoms with E-state index in [1.807, 2.05) is 35.2 Å². The lowest BCUT2D eigenvalue weighted by molar-refractivity contribution is -0.111. The first-order chi connectivity index (χ1) is 17.0. The van der Waals surface area contributed by atoms with Crippen molar-refractivity contribution in [3.8, 4) is 0 Å². The van der Waals surface area contributed by atoms with Crippen LogP contribution in [0.15, 0.2) is 77.4 Å². The molecular weight excluding hydrogens is 446 g/mol. The number of carbonyl (C=O) groups is 3. The van der Waals surface area contributed by atoms with Crippen LogP contribution in [0.3, 0.4) is 0 Å². The van der Waals surface area contributed by atoms with Gasteiger partial charge in [0.05, 0.1) is 29.8 Å². The van der Waals surface area contributed by atoms with Crippen LogP contribution in [0.2, 0.25) is 0 Å². The molecule has 0 aliphatic carbocycles. The second kappa shape index (κ2) is 11.2. The number of hydrogen-bond donors (Lipinski definition) is 1. The van der Waals surface area contributed by atoms with Gasteiger partial charge in [0.25, 0.3) is 5.91 Å². The number of nitrogens with zero attached hydrogens (tertiary/aromatic N) is 2. The fourth-order valence-corrected chi connectivity index (χ4v) is 3.89. The van der Waals surface area contributed by atoms with Crippen LogP contribution in [0.1, 0.15) is 33.4 Å². The lowest BCUT2D eigenvalue weighted by Gasteiger charge is -2.37. The summed E-state index contributed by atoms with van der Waals surface area (Å²) in [6.07, 6.45) is 4.47. The molecule has 35 heavy (non-hydrogen) atoms. The normalized spacial score (nSPS) is 13.6. The fraction of sp³-hybridized carbons (Fsp3) is 0.222. The van der Waals surface area contributed by atoms with Crippen molar-refractivity contribution in [2.75, 3.05) is 43.0 Å². The van der Waals surface area contributed by atoms with E-state index < -0.39 is 5.97 Å². The molecule has 3 aromatic rings. The van der Waals surface area contributed by atoms with Gasteiger partial charge in [-0.1, -0.05) is 18.2 Å². The number of benzene rings is 2. The third kappa shape index (κ3) is 5.97. The molecule has 0 atom stereocenters. The Balaban J connectivity index is 1.50. The Morgan fingerprint density at radius 2 is 1.74 bits per heavy atom. The zero-order valence-electron chi connectivity index (χ0n) is 19.5. The number of furan rings is 1. The molecule has 0 bridgehead atoms. The van der Waals surface area contributed by atoms with Crippen LogP contribution in [-0.4, -0.2) is 55.5 Å². The second-order valence-corrected chi connectivity index (χ2v) is 7.94. The molecular formula is C27H27N3O5. The summed E-state index contributed by atoms with van der Waals surface area (Å²) >= 11 is 0. The highest BCUT2D eigenvalue weighted by atomic mass is 16.5. The largest absolute Gasteiger partial charge is 0.465 e. The molecule has 1 saturated heterocycles. The second-order valence-electron chi connectivity index (χ2n) is 7.94. The van der Waals surface area contributed by atoms with Crippen molar-refractivity contribution < 1.29 is 23.5 Å². The van der Waals surface area contributed by atoms with E-state index in [4.69, 9.17) is 9.15 Å². The first-order valence-electron chi connectivity index (χ1n) is 11.5. The van der Waals surface area contributed by atoms with E-state index in [0.717, 1.165) is 5.69 Å². The average molecular weight is 474 g/mol. The summed E-state index contributed by atoms with van der Waals surface area (Å²) in [4.78, 5) is 41.6. The summed E-state index contributed by atoms with van der Waals surface area (Å²) in [5, 5.41) is 2.87. The number of carbonyl (C=O) groups excluding carboxylic acids is 3.